The molecule has 0 aliphatic heterocycles. The molecule has 1 aliphatic rings. The summed E-state index contributed by atoms with van der Waals surface area (Å²) in [6.45, 7) is 4.25. The summed E-state index contributed by atoms with van der Waals surface area (Å²) >= 11 is 5.89. The summed E-state index contributed by atoms with van der Waals surface area (Å²) in [5.41, 5.74) is -0.975. The van der Waals surface area contributed by atoms with Crippen LogP contribution in [0, 0.1) is 11.3 Å². The number of carbonyl (C=O) groups is 1. The van der Waals surface area contributed by atoms with Gasteiger partial charge in [-0.05, 0) is 42.5 Å². The van der Waals surface area contributed by atoms with E-state index >= 15 is 0 Å². The number of hydrogen-bond acceptors (Lipinski definition) is 4. The second-order valence-electron chi connectivity index (χ2n) is 6.86. The lowest BCUT2D eigenvalue weighted by molar-refractivity contribution is -0.0812. The van der Waals surface area contributed by atoms with Crippen molar-refractivity contribution in [3.8, 4) is 0 Å². The lowest BCUT2D eigenvalue weighted by Gasteiger charge is -2.40. The van der Waals surface area contributed by atoms with Gasteiger partial charge in [-0.3, -0.25) is 9.48 Å². The largest absolute Gasteiger partial charge is 0.387 e. The number of rotatable bonds is 4. The van der Waals surface area contributed by atoms with Crippen LogP contribution in [-0.4, -0.2) is 31.3 Å². The molecule has 2 atom stereocenters. The summed E-state index contributed by atoms with van der Waals surface area (Å²) in [5, 5.41) is 16.1. The molecule has 0 radical (unpaired) electrons. The normalized spacial score (nSPS) is 26.3. The van der Waals surface area contributed by atoms with Crippen LogP contribution in [-0.2, 0) is 6.54 Å². The number of aromatic nitrogens is 3. The van der Waals surface area contributed by atoms with Crippen LogP contribution in [0.4, 0.5) is 0 Å². The van der Waals surface area contributed by atoms with Crippen molar-refractivity contribution in [1.29, 1.82) is 0 Å². The molecule has 1 fully saturated rings. The fourth-order valence-corrected chi connectivity index (χ4v) is 3.61. The minimum atomic E-state index is -1.17. The Hall–Kier alpha value is -1.72. The molecule has 1 aromatic heterocycles. The van der Waals surface area contributed by atoms with Gasteiger partial charge in [0.2, 0.25) is 0 Å². The summed E-state index contributed by atoms with van der Waals surface area (Å²) in [7, 11) is 0. The molecule has 3 rings (SSSR count). The van der Waals surface area contributed by atoms with Gasteiger partial charge in [0.25, 0.3) is 0 Å². The maximum absolute atomic E-state index is 12.9. The molecule has 0 saturated heterocycles. The molecule has 0 spiro atoms. The molecule has 1 heterocycles. The van der Waals surface area contributed by atoms with Crippen molar-refractivity contribution < 1.29 is 9.90 Å². The van der Waals surface area contributed by atoms with Gasteiger partial charge in [-0.1, -0.05) is 25.4 Å². The lowest BCUT2D eigenvalue weighted by Crippen LogP contribution is -2.51. The summed E-state index contributed by atoms with van der Waals surface area (Å²) in [4.78, 5) is 16.9. The van der Waals surface area contributed by atoms with Gasteiger partial charge in [0.1, 0.15) is 12.7 Å². The van der Waals surface area contributed by atoms with Crippen molar-refractivity contribution in [2.24, 2.45) is 11.3 Å². The molecule has 6 heteroatoms. The van der Waals surface area contributed by atoms with Gasteiger partial charge >= 0.3 is 0 Å². The molecule has 0 amide bonds. The van der Waals surface area contributed by atoms with E-state index < -0.39 is 11.5 Å². The number of nitrogens with zero attached hydrogens (tertiary/aromatic N) is 3. The zero-order chi connectivity index (χ0) is 16.7. The minimum absolute atomic E-state index is 0.0464. The highest BCUT2D eigenvalue weighted by atomic mass is 35.5. The quantitative estimate of drug-likeness (QED) is 0.873. The van der Waals surface area contributed by atoms with Crippen molar-refractivity contribution in [1.82, 2.24) is 14.8 Å². The van der Waals surface area contributed by atoms with Crippen molar-refractivity contribution in [2.45, 2.75) is 38.8 Å². The highest BCUT2D eigenvalue weighted by Gasteiger charge is 2.57. The zero-order valence-corrected chi connectivity index (χ0v) is 14.0. The van der Waals surface area contributed by atoms with Crippen molar-refractivity contribution in [2.75, 3.05) is 0 Å². The highest BCUT2D eigenvalue weighted by Crippen LogP contribution is 2.51. The Bertz CT molecular complexity index is 697. The Morgan fingerprint density at radius 3 is 2.70 bits per heavy atom. The molecule has 1 aromatic carbocycles. The molecule has 1 saturated carbocycles. The third-order valence-electron chi connectivity index (χ3n) is 5.12. The first-order chi connectivity index (χ1) is 10.8. The molecule has 5 nitrogen and oxygen atoms in total. The lowest BCUT2D eigenvalue weighted by atomic mass is 9.72. The Kier molecular flexibility index (Phi) is 4.02. The number of halogens is 1. The highest BCUT2D eigenvalue weighted by molar-refractivity contribution is 6.30. The first-order valence-corrected chi connectivity index (χ1v) is 8.06. The van der Waals surface area contributed by atoms with E-state index in [0.29, 0.717) is 17.0 Å². The third-order valence-corrected chi connectivity index (χ3v) is 5.37. The van der Waals surface area contributed by atoms with Crippen LogP contribution in [0.5, 0.6) is 0 Å². The summed E-state index contributed by atoms with van der Waals surface area (Å²) in [6.07, 6.45) is 4.43. The van der Waals surface area contributed by atoms with E-state index in [4.69, 9.17) is 11.6 Å². The Morgan fingerprint density at radius 2 is 2.09 bits per heavy atom. The molecule has 1 N–H and O–H groups in total. The predicted octanol–water partition coefficient (Wildman–Crippen LogP) is 2.98. The van der Waals surface area contributed by atoms with Gasteiger partial charge < -0.3 is 5.11 Å². The molecule has 1 aliphatic carbocycles. The standard InChI is InChI=1S/C17H20ClN3O2/c1-16(2)8-7-14(15(22)12-3-5-13(18)6-4-12)17(16,23)9-21-11-19-10-20-21/h3-6,10-11,14,23H,7-9H2,1-2H3/t14-,17-/m1/s1. The van der Waals surface area contributed by atoms with Gasteiger partial charge in [0.05, 0.1) is 18.1 Å². The first kappa shape index (κ1) is 16.1. The van der Waals surface area contributed by atoms with Gasteiger partial charge in [0.15, 0.2) is 5.78 Å². The van der Waals surface area contributed by atoms with Crippen molar-refractivity contribution in [3.63, 3.8) is 0 Å². The monoisotopic (exact) mass is 333 g/mol. The van der Waals surface area contributed by atoms with Gasteiger partial charge in [0, 0.05) is 10.6 Å². The molecule has 23 heavy (non-hydrogen) atoms. The zero-order valence-electron chi connectivity index (χ0n) is 13.2. The molecule has 2 aromatic rings. The maximum Gasteiger partial charge on any atom is 0.168 e. The third kappa shape index (κ3) is 2.79. The predicted molar refractivity (Wildman–Crippen MR) is 87.3 cm³/mol. The van der Waals surface area contributed by atoms with Crippen LogP contribution >= 0.6 is 11.6 Å². The fraction of sp³-hybridized carbons (Fsp3) is 0.471. The number of aliphatic hydroxyl groups is 1. The summed E-state index contributed by atoms with van der Waals surface area (Å²) < 4.78 is 1.59. The average Bonchev–Trinajstić information content (AvgIpc) is 3.07. The van der Waals surface area contributed by atoms with Crippen LogP contribution in [0.3, 0.4) is 0 Å². The summed E-state index contributed by atoms with van der Waals surface area (Å²) in [5.74, 6) is -0.516. The first-order valence-electron chi connectivity index (χ1n) is 7.68. The molecular formula is C17H20ClN3O2. The van der Waals surface area contributed by atoms with Crippen LogP contribution in [0.25, 0.3) is 0 Å². The van der Waals surface area contributed by atoms with Crippen LogP contribution in [0.1, 0.15) is 37.0 Å². The number of Topliss-reactive ketones (excluding diaryl/α,β-unsaturated/α-hetero) is 1. The van der Waals surface area contributed by atoms with E-state index in [-0.39, 0.29) is 17.7 Å². The van der Waals surface area contributed by atoms with E-state index in [9.17, 15) is 9.90 Å². The van der Waals surface area contributed by atoms with Crippen LogP contribution < -0.4 is 0 Å². The number of carbonyl (C=O) groups excluding carboxylic acids is 1. The topological polar surface area (TPSA) is 68.0 Å². The fourth-order valence-electron chi connectivity index (χ4n) is 3.48. The molecular weight excluding hydrogens is 314 g/mol. The smallest absolute Gasteiger partial charge is 0.168 e. The minimum Gasteiger partial charge on any atom is -0.387 e. The van der Waals surface area contributed by atoms with E-state index in [2.05, 4.69) is 10.1 Å². The molecule has 0 bridgehead atoms. The summed E-state index contributed by atoms with van der Waals surface area (Å²) in [6, 6.07) is 6.83. The number of ketones is 1. The van der Waals surface area contributed by atoms with E-state index in [0.717, 1.165) is 6.42 Å². The average molecular weight is 334 g/mol. The van der Waals surface area contributed by atoms with E-state index in [1.807, 2.05) is 13.8 Å². The number of benzene rings is 1. The Balaban J connectivity index is 1.93. The second kappa shape index (κ2) is 5.73. The van der Waals surface area contributed by atoms with Gasteiger partial charge in [-0.2, -0.15) is 5.10 Å². The van der Waals surface area contributed by atoms with Gasteiger partial charge in [-0.25, -0.2) is 4.98 Å². The van der Waals surface area contributed by atoms with Crippen molar-refractivity contribution in [3.05, 3.63) is 47.5 Å². The second-order valence-corrected chi connectivity index (χ2v) is 7.30. The molecule has 0 unspecified atom stereocenters. The van der Waals surface area contributed by atoms with Crippen LogP contribution in [0.2, 0.25) is 5.02 Å². The number of hydrogen-bond donors (Lipinski definition) is 1. The molecule has 122 valence electrons. The Labute approximate surface area is 140 Å². The van der Waals surface area contributed by atoms with E-state index in [1.165, 1.54) is 6.33 Å². The Morgan fingerprint density at radius 1 is 1.39 bits per heavy atom. The van der Waals surface area contributed by atoms with Gasteiger partial charge in [-0.15, -0.1) is 0 Å². The van der Waals surface area contributed by atoms with Crippen LogP contribution in [0.15, 0.2) is 36.9 Å². The SMILES string of the molecule is CC1(C)CC[C@H](C(=O)c2ccc(Cl)cc2)[C@]1(O)Cn1cncn1. The van der Waals surface area contributed by atoms with Crippen molar-refractivity contribution >= 4 is 17.4 Å². The maximum atomic E-state index is 12.9. The van der Waals surface area contributed by atoms with E-state index in [1.54, 1.807) is 35.3 Å².